The van der Waals surface area contributed by atoms with Crippen LogP contribution >= 0.6 is 11.3 Å². The number of anilines is 1. The van der Waals surface area contributed by atoms with Crippen LogP contribution in [0.25, 0.3) is 0 Å². The van der Waals surface area contributed by atoms with E-state index >= 15 is 0 Å². The number of aryl methyl sites for hydroxylation is 1. The van der Waals surface area contributed by atoms with E-state index in [1.807, 2.05) is 24.1 Å². The van der Waals surface area contributed by atoms with Crippen LogP contribution in [0.2, 0.25) is 0 Å². The predicted molar refractivity (Wildman–Crippen MR) is 68.2 cm³/mol. The van der Waals surface area contributed by atoms with E-state index in [1.165, 1.54) is 4.88 Å². The van der Waals surface area contributed by atoms with E-state index < -0.39 is 0 Å². The van der Waals surface area contributed by atoms with Crippen LogP contribution in [0.5, 0.6) is 0 Å². The van der Waals surface area contributed by atoms with Gasteiger partial charge in [-0.1, -0.05) is 0 Å². The van der Waals surface area contributed by atoms with Gasteiger partial charge in [-0.3, -0.25) is 4.98 Å². The van der Waals surface area contributed by atoms with E-state index in [0.29, 0.717) is 0 Å². The SMILES string of the molecule is COCCCn1ccnc1NCc1cncs1. The van der Waals surface area contributed by atoms with Crippen LogP contribution in [0.1, 0.15) is 11.3 Å². The summed E-state index contributed by atoms with van der Waals surface area (Å²) < 4.78 is 7.14. The van der Waals surface area contributed by atoms with Crippen LogP contribution in [0.15, 0.2) is 24.1 Å². The number of imidazole rings is 1. The number of methoxy groups -OCH3 is 1. The highest BCUT2D eigenvalue weighted by molar-refractivity contribution is 7.09. The van der Waals surface area contributed by atoms with E-state index in [1.54, 1.807) is 18.4 Å². The molecule has 5 nitrogen and oxygen atoms in total. The average Bonchev–Trinajstić information content (AvgIpc) is 2.97. The Morgan fingerprint density at radius 3 is 3.24 bits per heavy atom. The largest absolute Gasteiger partial charge is 0.385 e. The Labute approximate surface area is 104 Å². The summed E-state index contributed by atoms with van der Waals surface area (Å²) in [6.07, 6.45) is 6.64. The van der Waals surface area contributed by atoms with Gasteiger partial charge in [0.15, 0.2) is 0 Å². The molecule has 0 aliphatic heterocycles. The highest BCUT2D eigenvalue weighted by Gasteiger charge is 2.02. The highest BCUT2D eigenvalue weighted by Crippen LogP contribution is 2.10. The zero-order valence-corrected chi connectivity index (χ0v) is 10.6. The molecule has 0 saturated heterocycles. The third-order valence-corrected chi connectivity index (χ3v) is 3.15. The smallest absolute Gasteiger partial charge is 0.203 e. The normalized spacial score (nSPS) is 10.6. The first-order valence-electron chi connectivity index (χ1n) is 5.51. The van der Waals surface area contributed by atoms with Crippen LogP contribution < -0.4 is 5.32 Å². The molecule has 6 heteroatoms. The van der Waals surface area contributed by atoms with Gasteiger partial charge in [-0.05, 0) is 6.42 Å². The molecule has 0 aromatic carbocycles. The van der Waals surface area contributed by atoms with Crippen molar-refractivity contribution in [3.8, 4) is 0 Å². The molecule has 0 aliphatic rings. The van der Waals surface area contributed by atoms with Gasteiger partial charge in [0, 0.05) is 43.7 Å². The predicted octanol–water partition coefficient (Wildman–Crippen LogP) is 1.99. The molecule has 2 rings (SSSR count). The minimum Gasteiger partial charge on any atom is -0.385 e. The van der Waals surface area contributed by atoms with Crippen molar-refractivity contribution in [3.05, 3.63) is 29.0 Å². The van der Waals surface area contributed by atoms with Gasteiger partial charge in [0.25, 0.3) is 0 Å². The molecule has 1 N–H and O–H groups in total. The second-order valence-corrected chi connectivity index (χ2v) is 4.58. The van der Waals surface area contributed by atoms with E-state index in [9.17, 15) is 0 Å². The molecular weight excluding hydrogens is 236 g/mol. The van der Waals surface area contributed by atoms with Crippen molar-refractivity contribution in [2.75, 3.05) is 19.0 Å². The molecule has 0 radical (unpaired) electrons. The number of rotatable bonds is 7. The fraction of sp³-hybridized carbons (Fsp3) is 0.455. The van der Waals surface area contributed by atoms with Gasteiger partial charge in [-0.25, -0.2) is 4.98 Å². The summed E-state index contributed by atoms with van der Waals surface area (Å²) >= 11 is 1.64. The van der Waals surface area contributed by atoms with E-state index in [2.05, 4.69) is 19.9 Å². The fourth-order valence-corrected chi connectivity index (χ4v) is 2.07. The molecule has 0 fully saturated rings. The maximum atomic E-state index is 5.04. The number of hydrogen-bond donors (Lipinski definition) is 1. The molecule has 0 bridgehead atoms. The first-order chi connectivity index (χ1) is 8.40. The summed E-state index contributed by atoms with van der Waals surface area (Å²) in [5.74, 6) is 0.898. The second kappa shape index (κ2) is 6.36. The molecular formula is C11H16N4OS. The van der Waals surface area contributed by atoms with Crippen molar-refractivity contribution in [2.45, 2.75) is 19.5 Å². The summed E-state index contributed by atoms with van der Waals surface area (Å²) in [5.41, 5.74) is 1.84. The molecule has 0 atom stereocenters. The number of aromatic nitrogens is 3. The van der Waals surface area contributed by atoms with Gasteiger partial charge in [-0.15, -0.1) is 11.3 Å². The van der Waals surface area contributed by atoms with Gasteiger partial charge in [0.1, 0.15) is 0 Å². The van der Waals surface area contributed by atoms with Gasteiger partial charge in [0.05, 0.1) is 12.1 Å². The van der Waals surface area contributed by atoms with Crippen molar-refractivity contribution >= 4 is 17.3 Å². The Morgan fingerprint density at radius 2 is 2.47 bits per heavy atom. The second-order valence-electron chi connectivity index (χ2n) is 3.61. The third-order valence-electron chi connectivity index (χ3n) is 2.37. The van der Waals surface area contributed by atoms with Crippen LogP contribution in [0.4, 0.5) is 5.95 Å². The van der Waals surface area contributed by atoms with E-state index in [4.69, 9.17) is 4.74 Å². The molecule has 0 unspecified atom stereocenters. The first-order valence-corrected chi connectivity index (χ1v) is 6.39. The number of nitrogens with zero attached hydrogens (tertiary/aromatic N) is 3. The monoisotopic (exact) mass is 252 g/mol. The van der Waals surface area contributed by atoms with Gasteiger partial charge in [-0.2, -0.15) is 0 Å². The first kappa shape index (κ1) is 12.1. The van der Waals surface area contributed by atoms with E-state index in [0.717, 1.165) is 32.1 Å². The fourth-order valence-electron chi connectivity index (χ4n) is 1.53. The number of hydrogen-bond acceptors (Lipinski definition) is 5. The van der Waals surface area contributed by atoms with Crippen molar-refractivity contribution in [1.29, 1.82) is 0 Å². The Kier molecular flexibility index (Phi) is 4.52. The topological polar surface area (TPSA) is 52.0 Å². The molecule has 17 heavy (non-hydrogen) atoms. The van der Waals surface area contributed by atoms with Crippen LogP contribution in [-0.2, 0) is 17.8 Å². The maximum absolute atomic E-state index is 5.04. The summed E-state index contributed by atoms with van der Waals surface area (Å²) in [6, 6.07) is 0. The lowest BCUT2D eigenvalue weighted by atomic mass is 10.4. The lowest BCUT2D eigenvalue weighted by Gasteiger charge is -2.08. The summed E-state index contributed by atoms with van der Waals surface area (Å²) in [7, 11) is 1.72. The van der Waals surface area contributed by atoms with Crippen LogP contribution in [0, 0.1) is 0 Å². The summed E-state index contributed by atoms with van der Waals surface area (Å²) in [6.45, 7) is 2.46. The molecule has 0 spiro atoms. The lowest BCUT2D eigenvalue weighted by Crippen LogP contribution is -2.08. The average molecular weight is 252 g/mol. The molecule has 2 heterocycles. The molecule has 2 aromatic heterocycles. The number of nitrogens with one attached hydrogen (secondary N) is 1. The Hall–Kier alpha value is -1.40. The van der Waals surface area contributed by atoms with Crippen LogP contribution in [0.3, 0.4) is 0 Å². The Morgan fingerprint density at radius 1 is 1.53 bits per heavy atom. The zero-order chi connectivity index (χ0) is 11.9. The van der Waals surface area contributed by atoms with E-state index in [-0.39, 0.29) is 0 Å². The summed E-state index contributed by atoms with van der Waals surface area (Å²) in [4.78, 5) is 9.53. The number of ether oxygens (including phenoxy) is 1. The Balaban J connectivity index is 1.85. The standard InChI is InChI=1S/C11H16N4OS/c1-16-6-2-4-15-5-3-13-11(15)14-8-10-7-12-9-17-10/h3,5,7,9H,2,4,6,8H2,1H3,(H,13,14). The van der Waals surface area contributed by atoms with Gasteiger partial charge < -0.3 is 14.6 Å². The molecule has 92 valence electrons. The van der Waals surface area contributed by atoms with Crippen molar-refractivity contribution in [3.63, 3.8) is 0 Å². The quantitative estimate of drug-likeness (QED) is 0.766. The number of thiazole rings is 1. The maximum Gasteiger partial charge on any atom is 0.203 e. The minimum absolute atomic E-state index is 0.770. The van der Waals surface area contributed by atoms with Crippen LogP contribution in [-0.4, -0.2) is 28.3 Å². The summed E-state index contributed by atoms with van der Waals surface area (Å²) in [5, 5.41) is 3.30. The zero-order valence-electron chi connectivity index (χ0n) is 9.80. The molecule has 2 aromatic rings. The lowest BCUT2D eigenvalue weighted by molar-refractivity contribution is 0.190. The van der Waals surface area contributed by atoms with Gasteiger partial charge in [0.2, 0.25) is 5.95 Å². The minimum atomic E-state index is 0.770. The highest BCUT2D eigenvalue weighted by atomic mass is 32.1. The van der Waals surface area contributed by atoms with Crippen molar-refractivity contribution in [1.82, 2.24) is 14.5 Å². The molecule has 0 aliphatic carbocycles. The molecule has 0 amide bonds. The Bertz CT molecular complexity index is 426. The van der Waals surface area contributed by atoms with Crippen molar-refractivity contribution < 1.29 is 4.74 Å². The molecule has 0 saturated carbocycles. The third kappa shape index (κ3) is 3.54. The van der Waals surface area contributed by atoms with Gasteiger partial charge >= 0.3 is 0 Å². The van der Waals surface area contributed by atoms with Crippen molar-refractivity contribution in [2.24, 2.45) is 0 Å².